The Morgan fingerprint density at radius 2 is 1.73 bits per heavy atom. The number of aliphatic imine (C=N–C) groups is 1. The molecule has 2 aliphatic rings. The Labute approximate surface area is 192 Å². The molecule has 1 fully saturated rings. The van der Waals surface area contributed by atoms with Crippen molar-refractivity contribution in [3.05, 3.63) is 35.4 Å². The maximum absolute atomic E-state index is 12.9. The summed E-state index contributed by atoms with van der Waals surface area (Å²) in [6.45, 7) is 4.08. The topological polar surface area (TPSA) is 51.2 Å². The average Bonchev–Trinajstić information content (AvgIpc) is 2.73. The monoisotopic (exact) mass is 539 g/mol. The largest absolute Gasteiger partial charge is 0.403 e. The van der Waals surface area contributed by atoms with E-state index in [0.29, 0.717) is 45.2 Å². The van der Waals surface area contributed by atoms with Gasteiger partial charge in [-0.15, -0.1) is 24.0 Å². The van der Waals surface area contributed by atoms with Crippen molar-refractivity contribution in [3.8, 4) is 0 Å². The molecule has 1 amide bonds. The molecule has 30 heavy (non-hydrogen) atoms. The van der Waals surface area contributed by atoms with Crippen molar-refractivity contribution in [2.24, 2.45) is 4.99 Å². The number of carbonyl (C=O) groups excluding carboxylic acids is 1. The quantitative estimate of drug-likeness (QED) is 0.364. The van der Waals surface area contributed by atoms with Gasteiger partial charge in [0.15, 0.2) is 5.96 Å². The second-order valence-corrected chi connectivity index (χ2v) is 7.48. The van der Waals surface area contributed by atoms with Gasteiger partial charge >= 0.3 is 6.18 Å². The number of rotatable bonds is 3. The van der Waals surface area contributed by atoms with Gasteiger partial charge in [0.2, 0.25) is 5.91 Å². The van der Waals surface area contributed by atoms with Crippen LogP contribution in [-0.2, 0) is 17.8 Å². The first kappa shape index (κ1) is 24.7. The summed E-state index contributed by atoms with van der Waals surface area (Å²) in [6, 6.07) is 6.67. The van der Waals surface area contributed by atoms with E-state index in [1.807, 2.05) is 28.0 Å². The SMILES string of the molecule is CN=C(NCC(=O)N1CCc2ccccc2C1)N1CCN(C(C)C(F)(F)F)CC1.I. The lowest BCUT2D eigenvalue weighted by molar-refractivity contribution is -0.181. The lowest BCUT2D eigenvalue weighted by Crippen LogP contribution is -2.57. The molecule has 1 atom stereocenters. The Bertz CT molecular complexity index is 750. The third-order valence-electron chi connectivity index (χ3n) is 5.73. The number of benzene rings is 1. The Morgan fingerprint density at radius 3 is 2.33 bits per heavy atom. The number of fused-ring (bicyclic) bond motifs is 1. The second-order valence-electron chi connectivity index (χ2n) is 7.48. The number of nitrogens with one attached hydrogen (secondary N) is 1. The number of hydrogen-bond acceptors (Lipinski definition) is 3. The van der Waals surface area contributed by atoms with Crippen LogP contribution in [0.1, 0.15) is 18.1 Å². The number of carbonyl (C=O) groups is 1. The molecule has 0 bridgehead atoms. The molecular weight excluding hydrogens is 510 g/mol. The highest BCUT2D eigenvalue weighted by molar-refractivity contribution is 14.0. The van der Waals surface area contributed by atoms with Gasteiger partial charge in [0.25, 0.3) is 0 Å². The van der Waals surface area contributed by atoms with E-state index in [1.54, 1.807) is 7.05 Å². The molecule has 0 saturated carbocycles. The lowest BCUT2D eigenvalue weighted by Gasteiger charge is -2.39. The third kappa shape index (κ3) is 5.99. The number of guanidine groups is 1. The smallest absolute Gasteiger partial charge is 0.347 e. The van der Waals surface area contributed by atoms with Gasteiger partial charge in [0.1, 0.15) is 6.04 Å². The summed E-state index contributed by atoms with van der Waals surface area (Å²) < 4.78 is 38.7. The number of alkyl halides is 3. The zero-order valence-corrected chi connectivity index (χ0v) is 19.6. The van der Waals surface area contributed by atoms with E-state index in [4.69, 9.17) is 0 Å². The molecule has 2 heterocycles. The predicted molar refractivity (Wildman–Crippen MR) is 121 cm³/mol. The zero-order chi connectivity index (χ0) is 21.0. The van der Waals surface area contributed by atoms with Gasteiger partial charge < -0.3 is 15.1 Å². The molecule has 0 radical (unpaired) electrons. The van der Waals surface area contributed by atoms with Crippen molar-refractivity contribution < 1.29 is 18.0 Å². The Morgan fingerprint density at radius 1 is 1.10 bits per heavy atom. The molecular formula is C20H29F3IN5O. The molecule has 0 aromatic heterocycles. The first-order valence-corrected chi connectivity index (χ1v) is 9.90. The first-order chi connectivity index (χ1) is 13.8. The molecule has 168 valence electrons. The van der Waals surface area contributed by atoms with Crippen LogP contribution in [0.3, 0.4) is 0 Å². The number of nitrogens with zero attached hydrogens (tertiary/aromatic N) is 4. The Hall–Kier alpha value is -1.56. The van der Waals surface area contributed by atoms with Crippen LogP contribution in [0.2, 0.25) is 0 Å². The van der Waals surface area contributed by atoms with Crippen molar-refractivity contribution >= 4 is 35.8 Å². The minimum absolute atomic E-state index is 0. The predicted octanol–water partition coefficient (Wildman–Crippen LogP) is 2.33. The second kappa shape index (κ2) is 10.7. The van der Waals surface area contributed by atoms with Crippen LogP contribution in [0.5, 0.6) is 0 Å². The minimum Gasteiger partial charge on any atom is -0.347 e. The molecule has 10 heteroatoms. The maximum atomic E-state index is 12.9. The summed E-state index contributed by atoms with van der Waals surface area (Å²) >= 11 is 0. The highest BCUT2D eigenvalue weighted by atomic mass is 127. The minimum atomic E-state index is -4.22. The van der Waals surface area contributed by atoms with E-state index in [0.717, 1.165) is 6.42 Å². The maximum Gasteiger partial charge on any atom is 0.403 e. The number of amides is 1. The van der Waals surface area contributed by atoms with Crippen molar-refractivity contribution in [2.75, 3.05) is 46.3 Å². The van der Waals surface area contributed by atoms with Crippen LogP contribution in [0, 0.1) is 0 Å². The highest BCUT2D eigenvalue weighted by Gasteiger charge is 2.41. The van der Waals surface area contributed by atoms with Gasteiger partial charge in [-0.05, 0) is 24.5 Å². The lowest BCUT2D eigenvalue weighted by atomic mass is 10.00. The van der Waals surface area contributed by atoms with Crippen molar-refractivity contribution in [1.82, 2.24) is 20.0 Å². The van der Waals surface area contributed by atoms with E-state index in [-0.39, 0.29) is 36.4 Å². The summed E-state index contributed by atoms with van der Waals surface area (Å²) in [5.74, 6) is 0.542. The van der Waals surface area contributed by atoms with Gasteiger partial charge in [-0.25, -0.2) is 0 Å². The summed E-state index contributed by atoms with van der Waals surface area (Å²) in [5, 5.41) is 3.08. The van der Waals surface area contributed by atoms with Gasteiger partial charge in [0, 0.05) is 46.3 Å². The summed E-state index contributed by atoms with van der Waals surface area (Å²) in [4.78, 5) is 22.0. The molecule has 0 aliphatic carbocycles. The average molecular weight is 539 g/mol. The Balaban J connectivity index is 0.00000320. The Kier molecular flexibility index (Phi) is 8.77. The van der Waals surface area contributed by atoms with E-state index in [9.17, 15) is 18.0 Å². The summed E-state index contributed by atoms with van der Waals surface area (Å²) in [5.41, 5.74) is 2.46. The first-order valence-electron chi connectivity index (χ1n) is 9.90. The van der Waals surface area contributed by atoms with Crippen molar-refractivity contribution in [1.29, 1.82) is 0 Å². The third-order valence-corrected chi connectivity index (χ3v) is 5.73. The van der Waals surface area contributed by atoms with Crippen LogP contribution < -0.4 is 5.32 Å². The molecule has 3 rings (SSSR count). The van der Waals surface area contributed by atoms with Crippen LogP contribution in [0.15, 0.2) is 29.3 Å². The number of halogens is 4. The van der Waals surface area contributed by atoms with E-state index in [1.165, 1.54) is 23.0 Å². The number of hydrogen-bond donors (Lipinski definition) is 1. The summed E-state index contributed by atoms with van der Waals surface area (Å²) in [7, 11) is 1.62. The van der Waals surface area contributed by atoms with Crippen LogP contribution in [0.4, 0.5) is 13.2 Å². The van der Waals surface area contributed by atoms with Crippen molar-refractivity contribution in [3.63, 3.8) is 0 Å². The molecule has 1 saturated heterocycles. The molecule has 1 N–H and O–H groups in total. The highest BCUT2D eigenvalue weighted by Crippen LogP contribution is 2.25. The van der Waals surface area contributed by atoms with Gasteiger partial charge in [-0.1, -0.05) is 24.3 Å². The molecule has 6 nitrogen and oxygen atoms in total. The number of piperazine rings is 1. The fourth-order valence-electron chi connectivity index (χ4n) is 3.84. The van der Waals surface area contributed by atoms with Gasteiger partial charge in [0.05, 0.1) is 6.54 Å². The van der Waals surface area contributed by atoms with Gasteiger partial charge in [-0.3, -0.25) is 14.7 Å². The van der Waals surface area contributed by atoms with E-state index >= 15 is 0 Å². The fourth-order valence-corrected chi connectivity index (χ4v) is 3.84. The molecule has 1 aromatic rings. The molecule has 1 unspecified atom stereocenters. The summed E-state index contributed by atoms with van der Waals surface area (Å²) in [6.07, 6.45) is -3.38. The standard InChI is InChI=1S/C20H28F3N5O.HI/c1-15(20(21,22)23)26-9-11-27(12-10-26)19(24-2)25-13-18(29)28-8-7-16-5-3-4-6-17(16)14-28;/h3-6,15H,7-14H2,1-2H3,(H,24,25);1H. The zero-order valence-electron chi connectivity index (χ0n) is 17.3. The normalized spacial score (nSPS) is 19.0. The van der Waals surface area contributed by atoms with E-state index < -0.39 is 12.2 Å². The van der Waals surface area contributed by atoms with Crippen molar-refractivity contribution in [2.45, 2.75) is 32.1 Å². The van der Waals surface area contributed by atoms with E-state index in [2.05, 4.69) is 16.4 Å². The van der Waals surface area contributed by atoms with Gasteiger partial charge in [-0.2, -0.15) is 13.2 Å². The van der Waals surface area contributed by atoms with Crippen LogP contribution in [-0.4, -0.2) is 85.1 Å². The molecule has 1 aromatic carbocycles. The molecule has 0 spiro atoms. The molecule has 2 aliphatic heterocycles. The van der Waals surface area contributed by atoms with Crippen LogP contribution >= 0.6 is 24.0 Å². The fraction of sp³-hybridized carbons (Fsp3) is 0.600. The van der Waals surface area contributed by atoms with Crippen LogP contribution in [0.25, 0.3) is 0 Å².